The van der Waals surface area contributed by atoms with Crippen LogP contribution in [-0.2, 0) is 0 Å². The van der Waals surface area contributed by atoms with Gasteiger partial charge in [0.1, 0.15) is 5.52 Å². The van der Waals surface area contributed by atoms with E-state index in [1.807, 2.05) is 4.57 Å². The van der Waals surface area contributed by atoms with Gasteiger partial charge in [-0.3, -0.25) is 0 Å². The Morgan fingerprint density at radius 2 is 2.14 bits per heavy atom. The predicted octanol–water partition coefficient (Wildman–Crippen LogP) is 1.75. The molecule has 0 radical (unpaired) electrons. The van der Waals surface area contributed by atoms with Crippen molar-refractivity contribution in [2.24, 2.45) is 0 Å². The Kier molecular flexibility index (Phi) is 2.14. The highest BCUT2D eigenvalue weighted by Gasteiger charge is 2.12. The van der Waals surface area contributed by atoms with Gasteiger partial charge in [0.25, 0.3) is 0 Å². The molecule has 74 valence electrons. The number of hydrogen-bond donors (Lipinski definition) is 1. The molecule has 2 aromatic heterocycles. The van der Waals surface area contributed by atoms with Crippen LogP contribution >= 0.6 is 15.9 Å². The van der Waals surface area contributed by atoms with Crippen LogP contribution in [0.1, 0.15) is 19.9 Å². The van der Waals surface area contributed by atoms with E-state index in [1.165, 1.54) is 0 Å². The fourth-order valence-electron chi connectivity index (χ4n) is 1.33. The van der Waals surface area contributed by atoms with Crippen molar-refractivity contribution < 1.29 is 0 Å². The molecule has 2 N–H and O–H groups in total. The Labute approximate surface area is 89.5 Å². The zero-order valence-electron chi connectivity index (χ0n) is 7.90. The first-order chi connectivity index (χ1) is 6.59. The summed E-state index contributed by atoms with van der Waals surface area (Å²) in [6, 6.07) is 0.281. The molecule has 2 heterocycles. The number of fused-ring (bicyclic) bond motifs is 1. The van der Waals surface area contributed by atoms with Crippen molar-refractivity contribution in [2.75, 3.05) is 5.73 Å². The number of nitrogen functional groups attached to an aromatic ring is 1. The minimum atomic E-state index is 0.270. The van der Waals surface area contributed by atoms with E-state index < -0.39 is 0 Å². The monoisotopic (exact) mass is 255 g/mol. The van der Waals surface area contributed by atoms with Gasteiger partial charge in [0.05, 0.1) is 6.20 Å². The lowest BCUT2D eigenvalue weighted by molar-refractivity contribution is 0.600. The Morgan fingerprint density at radius 3 is 2.79 bits per heavy atom. The molecule has 0 unspecified atom stereocenters. The molecule has 0 atom stereocenters. The number of nitrogens with two attached hydrogens (primary N) is 1. The predicted molar refractivity (Wildman–Crippen MR) is 57.8 cm³/mol. The molecule has 0 spiro atoms. The number of halogens is 1. The molecule has 0 saturated heterocycles. The maximum atomic E-state index is 5.52. The van der Waals surface area contributed by atoms with Crippen molar-refractivity contribution in [3.8, 4) is 0 Å². The summed E-state index contributed by atoms with van der Waals surface area (Å²) in [7, 11) is 0. The SMILES string of the molecule is CC(C)n1c(Br)nc2cnc(N)nc21. The molecule has 0 aliphatic rings. The molecule has 0 fully saturated rings. The van der Waals surface area contributed by atoms with E-state index >= 15 is 0 Å². The zero-order valence-corrected chi connectivity index (χ0v) is 9.48. The van der Waals surface area contributed by atoms with E-state index in [2.05, 4.69) is 44.7 Å². The molecule has 0 aromatic carbocycles. The summed E-state index contributed by atoms with van der Waals surface area (Å²) in [5, 5.41) is 0. The van der Waals surface area contributed by atoms with Gasteiger partial charge >= 0.3 is 0 Å². The van der Waals surface area contributed by atoms with Gasteiger partial charge < -0.3 is 10.3 Å². The normalized spacial score (nSPS) is 11.4. The molecule has 6 heteroatoms. The van der Waals surface area contributed by atoms with Crippen molar-refractivity contribution in [3.63, 3.8) is 0 Å². The summed E-state index contributed by atoms with van der Waals surface area (Å²) >= 11 is 3.38. The standard InChI is InChI=1S/C8H10BrN5/c1-4(2)14-6-5(12-7(14)9)3-11-8(10)13-6/h3-4H,1-2H3,(H2,10,11,13). The number of anilines is 1. The Hall–Kier alpha value is -1.17. The van der Waals surface area contributed by atoms with Crippen molar-refractivity contribution >= 4 is 33.0 Å². The minimum absolute atomic E-state index is 0.270. The summed E-state index contributed by atoms with van der Waals surface area (Å²) in [4.78, 5) is 12.3. The highest BCUT2D eigenvalue weighted by molar-refractivity contribution is 9.10. The maximum absolute atomic E-state index is 5.52. The Balaban J connectivity index is 2.79. The quantitative estimate of drug-likeness (QED) is 0.789. The van der Waals surface area contributed by atoms with Gasteiger partial charge in [-0.2, -0.15) is 4.98 Å². The number of rotatable bonds is 1. The molecule has 2 rings (SSSR count). The lowest BCUT2D eigenvalue weighted by atomic mass is 10.4. The van der Waals surface area contributed by atoms with Crippen molar-refractivity contribution in [2.45, 2.75) is 19.9 Å². The van der Waals surface area contributed by atoms with Gasteiger partial charge in [-0.15, -0.1) is 0 Å². The fourth-order valence-corrected chi connectivity index (χ4v) is 2.10. The number of hydrogen-bond acceptors (Lipinski definition) is 4. The molecule has 14 heavy (non-hydrogen) atoms. The molecule has 2 aromatic rings. The van der Waals surface area contributed by atoms with Crippen LogP contribution in [0.25, 0.3) is 11.2 Å². The van der Waals surface area contributed by atoms with Crippen LogP contribution in [0.5, 0.6) is 0 Å². The first kappa shape index (κ1) is 9.39. The first-order valence-electron chi connectivity index (χ1n) is 4.25. The fraction of sp³-hybridized carbons (Fsp3) is 0.375. The lowest BCUT2D eigenvalue weighted by Crippen LogP contribution is -2.03. The Bertz CT molecular complexity index is 476. The number of nitrogens with zero attached hydrogens (tertiary/aromatic N) is 4. The van der Waals surface area contributed by atoms with Gasteiger partial charge in [0, 0.05) is 6.04 Å². The first-order valence-corrected chi connectivity index (χ1v) is 5.05. The average molecular weight is 256 g/mol. The van der Waals surface area contributed by atoms with E-state index in [4.69, 9.17) is 5.73 Å². The molecule has 0 saturated carbocycles. The van der Waals surface area contributed by atoms with E-state index in [0.29, 0.717) is 0 Å². The third kappa shape index (κ3) is 1.35. The van der Waals surface area contributed by atoms with Crippen LogP contribution in [0, 0.1) is 0 Å². The minimum Gasteiger partial charge on any atom is -0.368 e. The van der Waals surface area contributed by atoms with Crippen molar-refractivity contribution in [1.82, 2.24) is 19.5 Å². The second-order valence-corrected chi connectivity index (χ2v) is 3.99. The number of imidazole rings is 1. The largest absolute Gasteiger partial charge is 0.368 e. The van der Waals surface area contributed by atoms with Crippen molar-refractivity contribution in [1.29, 1.82) is 0 Å². The van der Waals surface area contributed by atoms with Crippen LogP contribution in [0.3, 0.4) is 0 Å². The summed E-state index contributed by atoms with van der Waals surface area (Å²) in [5.41, 5.74) is 7.04. The molecule has 5 nitrogen and oxygen atoms in total. The lowest BCUT2D eigenvalue weighted by Gasteiger charge is -2.08. The van der Waals surface area contributed by atoms with E-state index in [0.717, 1.165) is 15.9 Å². The van der Waals surface area contributed by atoms with Crippen LogP contribution in [-0.4, -0.2) is 19.5 Å². The van der Waals surface area contributed by atoms with Gasteiger partial charge in [-0.1, -0.05) is 0 Å². The van der Waals surface area contributed by atoms with E-state index in [9.17, 15) is 0 Å². The van der Waals surface area contributed by atoms with Gasteiger partial charge in [-0.05, 0) is 29.8 Å². The maximum Gasteiger partial charge on any atom is 0.222 e. The highest BCUT2D eigenvalue weighted by atomic mass is 79.9. The second kappa shape index (κ2) is 3.20. The number of aromatic nitrogens is 4. The van der Waals surface area contributed by atoms with Crippen molar-refractivity contribution in [3.05, 3.63) is 10.9 Å². The Morgan fingerprint density at radius 1 is 1.43 bits per heavy atom. The summed E-state index contributed by atoms with van der Waals surface area (Å²) < 4.78 is 2.72. The second-order valence-electron chi connectivity index (χ2n) is 3.28. The van der Waals surface area contributed by atoms with Crippen LogP contribution in [0.15, 0.2) is 10.9 Å². The molecule has 0 aliphatic carbocycles. The van der Waals surface area contributed by atoms with E-state index in [-0.39, 0.29) is 12.0 Å². The molecule has 0 bridgehead atoms. The summed E-state index contributed by atoms with van der Waals surface area (Å²) in [5.74, 6) is 0.270. The summed E-state index contributed by atoms with van der Waals surface area (Å²) in [6.07, 6.45) is 1.63. The molecule has 0 amide bonds. The summed E-state index contributed by atoms with van der Waals surface area (Å²) in [6.45, 7) is 4.12. The van der Waals surface area contributed by atoms with Gasteiger partial charge in [-0.25, -0.2) is 9.97 Å². The van der Waals surface area contributed by atoms with Gasteiger partial charge in [0.15, 0.2) is 10.4 Å². The smallest absolute Gasteiger partial charge is 0.222 e. The molecule has 0 aliphatic heterocycles. The third-order valence-corrected chi connectivity index (χ3v) is 2.48. The third-order valence-electron chi connectivity index (χ3n) is 1.92. The average Bonchev–Trinajstić information content (AvgIpc) is 2.40. The molecular formula is C8H10BrN5. The molecular weight excluding hydrogens is 246 g/mol. The highest BCUT2D eigenvalue weighted by Crippen LogP contribution is 2.22. The van der Waals surface area contributed by atoms with Crippen LogP contribution in [0.2, 0.25) is 0 Å². The topological polar surface area (TPSA) is 69.6 Å². The van der Waals surface area contributed by atoms with E-state index in [1.54, 1.807) is 6.20 Å². The van der Waals surface area contributed by atoms with Gasteiger partial charge in [0.2, 0.25) is 5.95 Å². The van der Waals surface area contributed by atoms with Crippen LogP contribution < -0.4 is 5.73 Å². The van der Waals surface area contributed by atoms with Crippen LogP contribution in [0.4, 0.5) is 5.95 Å². The zero-order chi connectivity index (χ0) is 10.3.